The second kappa shape index (κ2) is 9.17. The van der Waals surface area contributed by atoms with Crippen molar-refractivity contribution in [1.82, 2.24) is 25.9 Å². The Kier molecular flexibility index (Phi) is 6.64. The third-order valence-corrected chi connectivity index (χ3v) is 5.86. The Balaban J connectivity index is 1.66. The minimum Gasteiger partial charge on any atom is -0.358 e. The van der Waals surface area contributed by atoms with Crippen LogP contribution in [-0.4, -0.2) is 26.8 Å². The number of para-hydroxylation sites is 1. The second-order valence-corrected chi connectivity index (χ2v) is 8.08. The lowest BCUT2D eigenvalue weighted by atomic mass is 9.78. The molecule has 0 saturated heterocycles. The van der Waals surface area contributed by atoms with Crippen LogP contribution in [-0.2, 0) is 0 Å². The summed E-state index contributed by atoms with van der Waals surface area (Å²) >= 11 is 5.31. The van der Waals surface area contributed by atoms with E-state index in [1.807, 2.05) is 30.3 Å². The van der Waals surface area contributed by atoms with Crippen LogP contribution in [0.25, 0.3) is 5.69 Å². The van der Waals surface area contributed by atoms with Crippen LogP contribution in [0, 0.1) is 18.8 Å². The van der Waals surface area contributed by atoms with Crippen molar-refractivity contribution in [1.29, 1.82) is 0 Å². The van der Waals surface area contributed by atoms with Crippen LogP contribution < -0.4 is 21.6 Å². The highest BCUT2D eigenvalue weighted by Gasteiger charge is 2.27. The van der Waals surface area contributed by atoms with E-state index in [2.05, 4.69) is 35.1 Å². The Morgan fingerprint density at radius 1 is 1.17 bits per heavy atom. The van der Waals surface area contributed by atoms with Gasteiger partial charge in [-0.25, -0.2) is 4.68 Å². The molecule has 3 atom stereocenters. The van der Waals surface area contributed by atoms with Crippen LogP contribution in [0.3, 0.4) is 0 Å². The van der Waals surface area contributed by atoms with Crippen LogP contribution in [0.15, 0.2) is 41.2 Å². The molecule has 1 aliphatic rings. The van der Waals surface area contributed by atoms with Crippen LogP contribution in [0.1, 0.15) is 49.3 Å². The van der Waals surface area contributed by atoms with Gasteiger partial charge in [-0.15, -0.1) is 0 Å². The van der Waals surface area contributed by atoms with Crippen molar-refractivity contribution in [3.8, 4) is 5.69 Å². The van der Waals surface area contributed by atoms with Gasteiger partial charge in [0.25, 0.3) is 5.91 Å². The van der Waals surface area contributed by atoms with E-state index in [0.717, 1.165) is 18.5 Å². The highest BCUT2D eigenvalue weighted by atomic mass is 32.1. The van der Waals surface area contributed by atoms with Gasteiger partial charge in [-0.1, -0.05) is 44.9 Å². The lowest BCUT2D eigenvalue weighted by Gasteiger charge is -2.35. The van der Waals surface area contributed by atoms with Crippen LogP contribution >= 0.6 is 12.2 Å². The number of thiocarbonyl (C=S) groups is 1. The maximum Gasteiger partial charge on any atom is 0.294 e. The Morgan fingerprint density at radius 2 is 1.90 bits per heavy atom. The number of benzene rings is 1. The Bertz CT molecular complexity index is 944. The number of hydrogen-bond donors (Lipinski definition) is 3. The van der Waals surface area contributed by atoms with Gasteiger partial charge in [0.2, 0.25) is 5.43 Å². The lowest BCUT2D eigenvalue weighted by Crippen LogP contribution is -2.53. The quantitative estimate of drug-likeness (QED) is 0.529. The lowest BCUT2D eigenvalue weighted by molar-refractivity contribution is 0.0935. The van der Waals surface area contributed by atoms with Gasteiger partial charge in [0.1, 0.15) is 0 Å². The Morgan fingerprint density at radius 3 is 2.62 bits per heavy atom. The molecule has 1 saturated carbocycles. The number of nitrogens with one attached hydrogen (secondary N) is 3. The number of hydrazine groups is 1. The van der Waals surface area contributed by atoms with Crippen LogP contribution in [0.2, 0.25) is 0 Å². The van der Waals surface area contributed by atoms with Gasteiger partial charge in [0.05, 0.1) is 5.69 Å². The average molecular weight is 414 g/mol. The molecule has 1 heterocycles. The van der Waals surface area contributed by atoms with Crippen molar-refractivity contribution in [3.63, 3.8) is 0 Å². The highest BCUT2D eigenvalue weighted by Crippen LogP contribution is 2.29. The van der Waals surface area contributed by atoms with E-state index in [4.69, 9.17) is 12.2 Å². The van der Waals surface area contributed by atoms with E-state index < -0.39 is 11.3 Å². The highest BCUT2D eigenvalue weighted by molar-refractivity contribution is 7.80. The molecule has 2 aromatic rings. The predicted molar refractivity (Wildman–Crippen MR) is 117 cm³/mol. The second-order valence-electron chi connectivity index (χ2n) is 7.67. The normalized spacial score (nSPS) is 21.3. The van der Waals surface area contributed by atoms with E-state index in [1.54, 1.807) is 11.6 Å². The largest absolute Gasteiger partial charge is 0.358 e. The Labute approximate surface area is 175 Å². The molecule has 1 aromatic carbocycles. The fourth-order valence-electron chi connectivity index (χ4n) is 3.70. The molecule has 8 heteroatoms. The molecule has 0 bridgehead atoms. The summed E-state index contributed by atoms with van der Waals surface area (Å²) in [5.74, 6) is 0.497. The monoisotopic (exact) mass is 413 g/mol. The van der Waals surface area contributed by atoms with Crippen molar-refractivity contribution < 1.29 is 4.79 Å². The first-order valence-electron chi connectivity index (χ1n) is 9.90. The summed E-state index contributed by atoms with van der Waals surface area (Å²) in [6.07, 6.45) is 3.43. The van der Waals surface area contributed by atoms with Crippen molar-refractivity contribution in [2.75, 3.05) is 0 Å². The zero-order valence-corrected chi connectivity index (χ0v) is 17.8. The molecule has 1 fully saturated rings. The summed E-state index contributed by atoms with van der Waals surface area (Å²) in [6.45, 7) is 6.23. The third-order valence-electron chi connectivity index (χ3n) is 5.64. The molecular formula is C21H27N5O2S. The van der Waals surface area contributed by atoms with E-state index in [0.29, 0.717) is 22.6 Å². The van der Waals surface area contributed by atoms with E-state index in [-0.39, 0.29) is 11.7 Å². The zero-order valence-electron chi connectivity index (χ0n) is 16.9. The molecule has 0 aliphatic heterocycles. The third kappa shape index (κ3) is 5.00. The van der Waals surface area contributed by atoms with Crippen LogP contribution in [0.4, 0.5) is 0 Å². The van der Waals surface area contributed by atoms with Gasteiger partial charge in [0, 0.05) is 17.8 Å². The molecule has 3 rings (SSSR count). The molecule has 154 valence electrons. The fraction of sp³-hybridized carbons (Fsp3) is 0.429. The van der Waals surface area contributed by atoms with Crippen molar-refractivity contribution in [3.05, 3.63) is 58.0 Å². The molecule has 29 heavy (non-hydrogen) atoms. The molecule has 7 nitrogen and oxygen atoms in total. The van der Waals surface area contributed by atoms with Crippen molar-refractivity contribution >= 4 is 23.2 Å². The van der Waals surface area contributed by atoms with Crippen molar-refractivity contribution in [2.24, 2.45) is 11.8 Å². The summed E-state index contributed by atoms with van der Waals surface area (Å²) in [5, 5.41) is 7.85. The molecule has 3 N–H and O–H groups in total. The summed E-state index contributed by atoms with van der Waals surface area (Å²) in [7, 11) is 0. The smallest absolute Gasteiger partial charge is 0.294 e. The van der Waals surface area contributed by atoms with Gasteiger partial charge in [-0.05, 0) is 49.5 Å². The number of rotatable bonds is 3. The van der Waals surface area contributed by atoms with E-state index in [1.165, 1.54) is 12.5 Å². The first-order chi connectivity index (χ1) is 13.9. The first kappa shape index (κ1) is 21.0. The molecular weight excluding hydrogens is 386 g/mol. The maximum atomic E-state index is 12.5. The van der Waals surface area contributed by atoms with Gasteiger partial charge in [-0.2, -0.15) is 5.10 Å². The van der Waals surface area contributed by atoms with Crippen LogP contribution in [0.5, 0.6) is 0 Å². The first-order valence-corrected chi connectivity index (χ1v) is 10.3. The minimum atomic E-state index is -0.631. The van der Waals surface area contributed by atoms with Gasteiger partial charge < -0.3 is 5.32 Å². The average Bonchev–Trinajstić information content (AvgIpc) is 2.70. The molecule has 1 aliphatic carbocycles. The summed E-state index contributed by atoms with van der Waals surface area (Å²) in [6, 6.07) is 11.0. The number of hydrogen-bond acceptors (Lipinski definition) is 4. The van der Waals surface area contributed by atoms with Gasteiger partial charge >= 0.3 is 0 Å². The van der Waals surface area contributed by atoms with E-state index >= 15 is 0 Å². The SMILES string of the molecule is Cc1cc(=O)c(C(=O)NNC(=S)N[C@@H]2CCC[C@@H](C)[C@@H]2C)nn1-c1ccccc1. The predicted octanol–water partition coefficient (Wildman–Crippen LogP) is 2.47. The number of aromatic nitrogens is 2. The molecule has 0 spiro atoms. The molecule has 0 unspecified atom stereocenters. The fourth-order valence-corrected chi connectivity index (χ4v) is 3.90. The minimum absolute atomic E-state index is 0.200. The van der Waals surface area contributed by atoms with Gasteiger partial charge in [-0.3, -0.25) is 20.4 Å². The zero-order chi connectivity index (χ0) is 21.0. The maximum absolute atomic E-state index is 12.5. The number of aryl methyl sites for hydroxylation is 1. The number of carbonyl (C=O) groups excluding carboxylic acids is 1. The molecule has 0 radical (unpaired) electrons. The topological polar surface area (TPSA) is 88.1 Å². The number of nitrogens with zero attached hydrogens (tertiary/aromatic N) is 2. The summed E-state index contributed by atoms with van der Waals surface area (Å²) < 4.78 is 1.57. The number of carbonyl (C=O) groups is 1. The van der Waals surface area contributed by atoms with Gasteiger partial charge in [0.15, 0.2) is 10.8 Å². The molecule has 1 amide bonds. The number of amides is 1. The Hall–Kier alpha value is -2.74. The summed E-state index contributed by atoms with van der Waals surface area (Å²) in [5.41, 5.74) is 5.95. The van der Waals surface area contributed by atoms with E-state index in [9.17, 15) is 9.59 Å². The summed E-state index contributed by atoms with van der Waals surface area (Å²) in [4.78, 5) is 24.8. The standard InChI is InChI=1S/C21H27N5O2S/c1-13-8-7-11-17(15(13)3)22-21(29)24-23-20(28)19-18(27)12-14(2)26(25-19)16-9-5-4-6-10-16/h4-6,9-10,12-13,15,17H,7-8,11H2,1-3H3,(H,23,28)(H2,22,24,29)/t13-,15+,17-/m1/s1. The van der Waals surface area contributed by atoms with Crippen molar-refractivity contribution in [2.45, 2.75) is 46.1 Å². The molecule has 1 aromatic heterocycles.